The van der Waals surface area contributed by atoms with Crippen LogP contribution in [0.15, 0.2) is 18.2 Å². The van der Waals surface area contributed by atoms with E-state index in [1.165, 1.54) is 5.56 Å². The van der Waals surface area contributed by atoms with Crippen molar-refractivity contribution in [1.82, 2.24) is 15.3 Å². The summed E-state index contributed by atoms with van der Waals surface area (Å²) in [4.78, 5) is 2.35. The van der Waals surface area contributed by atoms with E-state index in [0.29, 0.717) is 0 Å². The molecule has 1 aromatic carbocycles. The molecule has 0 amide bonds. The minimum atomic E-state index is 0.216. The normalized spacial score (nSPS) is 24.2. The second kappa shape index (κ2) is 5.67. The van der Waals surface area contributed by atoms with Gasteiger partial charge in [-0.05, 0) is 30.8 Å². The zero-order chi connectivity index (χ0) is 13.2. The lowest BCUT2D eigenvalue weighted by Gasteiger charge is -2.33. The number of hydrogen-bond donors (Lipinski definition) is 1. The third-order valence-electron chi connectivity index (χ3n) is 3.81. The minimum absolute atomic E-state index is 0.216. The first-order valence-electron chi connectivity index (χ1n) is 6.83. The van der Waals surface area contributed by atoms with Crippen LogP contribution in [0.3, 0.4) is 0 Å². The molecule has 0 aliphatic carbocycles. The number of benzene rings is 1. The van der Waals surface area contributed by atoms with Gasteiger partial charge in [-0.25, -0.2) is 5.01 Å². The molecule has 5 heteroatoms. The maximum atomic E-state index is 6.00. The van der Waals surface area contributed by atoms with E-state index in [1.54, 1.807) is 0 Å². The molecule has 19 heavy (non-hydrogen) atoms. The van der Waals surface area contributed by atoms with E-state index in [9.17, 15) is 0 Å². The second-order valence-corrected chi connectivity index (χ2v) is 5.79. The van der Waals surface area contributed by atoms with Gasteiger partial charge in [0.1, 0.15) is 11.9 Å². The first kappa shape index (κ1) is 13.2. The molecule has 2 aliphatic rings. The molecule has 2 heterocycles. The smallest absolute Gasteiger partial charge is 0.123 e. The summed E-state index contributed by atoms with van der Waals surface area (Å²) in [6.07, 6.45) is 1.16. The number of hydrazine groups is 1. The van der Waals surface area contributed by atoms with Gasteiger partial charge in [0.05, 0.1) is 0 Å². The number of nitrogens with zero attached hydrogens (tertiary/aromatic N) is 2. The Bertz CT molecular complexity index is 446. The number of hydrogen-bond acceptors (Lipinski definition) is 4. The molecule has 1 aromatic rings. The van der Waals surface area contributed by atoms with Crippen LogP contribution in [-0.4, -0.2) is 55.8 Å². The average molecular weight is 282 g/mol. The Morgan fingerprint density at radius 3 is 2.89 bits per heavy atom. The molecule has 1 saturated heterocycles. The summed E-state index contributed by atoms with van der Waals surface area (Å²) < 4.78 is 5.92. The number of fused-ring (bicyclic) bond motifs is 1. The molecule has 1 unspecified atom stereocenters. The predicted octanol–water partition coefficient (Wildman–Crippen LogP) is 1.40. The number of likely N-dealkylation sites (N-methyl/N-ethyl adjacent to an activating group) is 1. The molecule has 0 bridgehead atoms. The maximum Gasteiger partial charge on any atom is 0.123 e. The van der Waals surface area contributed by atoms with Gasteiger partial charge >= 0.3 is 0 Å². The van der Waals surface area contributed by atoms with Gasteiger partial charge in [-0.1, -0.05) is 11.6 Å². The molecule has 3 rings (SSSR count). The van der Waals surface area contributed by atoms with Crippen molar-refractivity contribution in [1.29, 1.82) is 0 Å². The van der Waals surface area contributed by atoms with Crippen molar-refractivity contribution in [3.63, 3.8) is 0 Å². The average Bonchev–Trinajstić information content (AvgIpc) is 2.80. The van der Waals surface area contributed by atoms with Gasteiger partial charge in [0.2, 0.25) is 0 Å². The van der Waals surface area contributed by atoms with Crippen molar-refractivity contribution in [3.8, 4) is 5.75 Å². The highest BCUT2D eigenvalue weighted by Crippen LogP contribution is 2.30. The highest BCUT2D eigenvalue weighted by molar-refractivity contribution is 6.30. The molecule has 4 nitrogen and oxygen atoms in total. The fourth-order valence-corrected chi connectivity index (χ4v) is 2.79. The molecule has 1 atom stereocenters. The van der Waals surface area contributed by atoms with Gasteiger partial charge in [-0.2, -0.15) is 0 Å². The van der Waals surface area contributed by atoms with Crippen molar-refractivity contribution < 1.29 is 4.74 Å². The standard InChI is InChI=1S/C14H20ClN3O/c1-17-4-6-18(7-5-17)16-10-13-9-11-8-12(15)2-3-14(11)19-13/h2-3,8,13,16H,4-7,9-10H2,1H3. The highest BCUT2D eigenvalue weighted by Gasteiger charge is 2.24. The van der Waals surface area contributed by atoms with Crippen LogP contribution in [-0.2, 0) is 6.42 Å². The number of ether oxygens (including phenoxy) is 1. The SMILES string of the molecule is CN1CCN(NCC2Cc3cc(Cl)ccc3O2)CC1. The summed E-state index contributed by atoms with van der Waals surface area (Å²) in [6, 6.07) is 5.86. The van der Waals surface area contributed by atoms with Gasteiger partial charge in [-0.15, -0.1) is 0 Å². The fraction of sp³-hybridized carbons (Fsp3) is 0.571. The third-order valence-corrected chi connectivity index (χ3v) is 4.04. The number of halogens is 1. The van der Waals surface area contributed by atoms with E-state index in [1.807, 2.05) is 18.2 Å². The van der Waals surface area contributed by atoms with Crippen molar-refractivity contribution in [2.75, 3.05) is 39.8 Å². The molecule has 0 spiro atoms. The lowest BCUT2D eigenvalue weighted by molar-refractivity contribution is 0.0858. The summed E-state index contributed by atoms with van der Waals surface area (Å²) in [5.74, 6) is 0.981. The number of nitrogens with one attached hydrogen (secondary N) is 1. The van der Waals surface area contributed by atoms with E-state index in [0.717, 1.165) is 49.9 Å². The van der Waals surface area contributed by atoms with Gasteiger partial charge < -0.3 is 9.64 Å². The summed E-state index contributed by atoms with van der Waals surface area (Å²) in [5, 5.41) is 3.08. The lowest BCUT2D eigenvalue weighted by Crippen LogP contribution is -2.52. The van der Waals surface area contributed by atoms with E-state index in [-0.39, 0.29) is 6.10 Å². The van der Waals surface area contributed by atoms with Crippen LogP contribution in [0.5, 0.6) is 5.75 Å². The van der Waals surface area contributed by atoms with Crippen molar-refractivity contribution in [3.05, 3.63) is 28.8 Å². The quantitative estimate of drug-likeness (QED) is 0.906. The largest absolute Gasteiger partial charge is 0.488 e. The van der Waals surface area contributed by atoms with Crippen LogP contribution in [0, 0.1) is 0 Å². The fourth-order valence-electron chi connectivity index (χ4n) is 2.60. The second-order valence-electron chi connectivity index (χ2n) is 5.35. The molecule has 1 fully saturated rings. The van der Waals surface area contributed by atoms with Gasteiger partial charge in [0, 0.05) is 44.2 Å². The summed E-state index contributed by atoms with van der Waals surface area (Å²) in [5.41, 5.74) is 4.70. The van der Waals surface area contributed by atoms with E-state index in [4.69, 9.17) is 16.3 Å². The zero-order valence-corrected chi connectivity index (χ0v) is 12.0. The van der Waals surface area contributed by atoms with Crippen molar-refractivity contribution in [2.45, 2.75) is 12.5 Å². The van der Waals surface area contributed by atoms with Gasteiger partial charge in [0.15, 0.2) is 0 Å². The van der Waals surface area contributed by atoms with E-state index in [2.05, 4.69) is 22.4 Å². The first-order valence-corrected chi connectivity index (χ1v) is 7.20. The molecule has 1 N–H and O–H groups in total. The minimum Gasteiger partial charge on any atom is -0.488 e. The van der Waals surface area contributed by atoms with Gasteiger partial charge in [-0.3, -0.25) is 5.43 Å². The molecular formula is C14H20ClN3O. The van der Waals surface area contributed by atoms with Crippen LogP contribution in [0.25, 0.3) is 0 Å². The van der Waals surface area contributed by atoms with Crippen LogP contribution >= 0.6 is 11.6 Å². The molecule has 0 saturated carbocycles. The highest BCUT2D eigenvalue weighted by atomic mass is 35.5. The van der Waals surface area contributed by atoms with Gasteiger partial charge in [0.25, 0.3) is 0 Å². The first-order chi connectivity index (χ1) is 9.20. The molecule has 2 aliphatic heterocycles. The maximum absolute atomic E-state index is 6.00. The summed E-state index contributed by atoms with van der Waals surface area (Å²) in [7, 11) is 2.16. The Kier molecular flexibility index (Phi) is 3.93. The summed E-state index contributed by atoms with van der Waals surface area (Å²) >= 11 is 6.00. The molecular weight excluding hydrogens is 262 g/mol. The van der Waals surface area contributed by atoms with Crippen LogP contribution in [0.4, 0.5) is 0 Å². The molecule has 104 valence electrons. The van der Waals surface area contributed by atoms with E-state index >= 15 is 0 Å². The zero-order valence-electron chi connectivity index (χ0n) is 11.2. The Hall–Kier alpha value is -0.810. The Balaban J connectivity index is 1.48. The Morgan fingerprint density at radius 1 is 1.32 bits per heavy atom. The lowest BCUT2D eigenvalue weighted by atomic mass is 10.1. The van der Waals surface area contributed by atoms with Crippen molar-refractivity contribution >= 4 is 11.6 Å². The number of piperazine rings is 1. The van der Waals surface area contributed by atoms with Crippen LogP contribution < -0.4 is 10.2 Å². The molecule has 0 aromatic heterocycles. The van der Waals surface area contributed by atoms with E-state index < -0.39 is 0 Å². The monoisotopic (exact) mass is 281 g/mol. The van der Waals surface area contributed by atoms with Crippen LogP contribution in [0.1, 0.15) is 5.56 Å². The van der Waals surface area contributed by atoms with Crippen LogP contribution in [0.2, 0.25) is 5.02 Å². The van der Waals surface area contributed by atoms with Crippen molar-refractivity contribution in [2.24, 2.45) is 0 Å². The third kappa shape index (κ3) is 3.20. The Labute approximate surface area is 119 Å². The topological polar surface area (TPSA) is 27.7 Å². The summed E-state index contributed by atoms with van der Waals surface area (Å²) in [6.45, 7) is 5.24. The number of rotatable bonds is 3. The predicted molar refractivity (Wildman–Crippen MR) is 76.6 cm³/mol. The molecule has 0 radical (unpaired) electrons. The Morgan fingerprint density at radius 2 is 2.11 bits per heavy atom.